The summed E-state index contributed by atoms with van der Waals surface area (Å²) in [5.41, 5.74) is 7.51. The molecule has 4 nitrogen and oxygen atoms in total. The van der Waals surface area contributed by atoms with Gasteiger partial charge in [-0.15, -0.1) is 0 Å². The van der Waals surface area contributed by atoms with Crippen LogP contribution in [0.5, 0.6) is 0 Å². The van der Waals surface area contributed by atoms with Gasteiger partial charge < -0.3 is 15.8 Å². The molecule has 88 valence electrons. The molecule has 0 spiro atoms. The summed E-state index contributed by atoms with van der Waals surface area (Å²) in [6.07, 6.45) is 3.86. The number of nitrogen functional groups attached to an aromatic ring is 1. The molecule has 1 aromatic heterocycles. The maximum absolute atomic E-state index is 5.84. The van der Waals surface area contributed by atoms with E-state index in [1.807, 2.05) is 19.1 Å². The molecule has 0 saturated carbocycles. The van der Waals surface area contributed by atoms with Crippen molar-refractivity contribution < 1.29 is 4.74 Å². The van der Waals surface area contributed by atoms with Gasteiger partial charge >= 0.3 is 0 Å². The molecule has 4 heteroatoms. The number of nitrogens with one attached hydrogen (secondary N) is 1. The minimum Gasteiger partial charge on any atom is -0.396 e. The van der Waals surface area contributed by atoms with Crippen molar-refractivity contribution in [2.75, 3.05) is 24.2 Å². The number of aromatic nitrogens is 1. The molecular formula is C12H19N3O. The van der Waals surface area contributed by atoms with Gasteiger partial charge in [-0.05, 0) is 38.3 Å². The Bertz CT molecular complexity index is 348. The van der Waals surface area contributed by atoms with Crippen LogP contribution < -0.4 is 11.1 Å². The first kappa shape index (κ1) is 11.2. The van der Waals surface area contributed by atoms with Crippen molar-refractivity contribution in [1.82, 2.24) is 4.98 Å². The van der Waals surface area contributed by atoms with Crippen molar-refractivity contribution in [3.63, 3.8) is 0 Å². The number of hydrogen-bond donors (Lipinski definition) is 2. The fraction of sp³-hybridized carbons (Fsp3) is 0.583. The number of aryl methyl sites for hydroxylation is 1. The van der Waals surface area contributed by atoms with Gasteiger partial charge in [0.05, 0.1) is 11.8 Å². The molecule has 1 aliphatic heterocycles. The van der Waals surface area contributed by atoms with E-state index in [4.69, 9.17) is 10.5 Å². The first-order chi connectivity index (χ1) is 7.75. The summed E-state index contributed by atoms with van der Waals surface area (Å²) in [7, 11) is 0. The Balaban J connectivity index is 1.90. The number of anilines is 2. The molecule has 2 rings (SSSR count). The number of nitrogens with zero attached hydrogens (tertiary/aromatic N) is 1. The van der Waals surface area contributed by atoms with Gasteiger partial charge in [0, 0.05) is 18.8 Å². The summed E-state index contributed by atoms with van der Waals surface area (Å²) >= 11 is 0. The number of nitrogens with two attached hydrogens (primary N) is 1. The second kappa shape index (κ2) is 5.16. The van der Waals surface area contributed by atoms with Crippen molar-refractivity contribution in [1.29, 1.82) is 0 Å². The lowest BCUT2D eigenvalue weighted by molar-refractivity contribution is 0.0247. The molecule has 1 atom stereocenters. The summed E-state index contributed by atoms with van der Waals surface area (Å²) in [5.74, 6) is 0.772. The molecule has 1 fully saturated rings. The van der Waals surface area contributed by atoms with Crippen LogP contribution in [-0.2, 0) is 4.74 Å². The molecule has 1 saturated heterocycles. The number of ether oxygens (including phenoxy) is 1. The van der Waals surface area contributed by atoms with Crippen LogP contribution in [0.4, 0.5) is 11.5 Å². The van der Waals surface area contributed by atoms with Crippen molar-refractivity contribution in [3.8, 4) is 0 Å². The lowest BCUT2D eigenvalue weighted by Gasteiger charge is -2.23. The van der Waals surface area contributed by atoms with Gasteiger partial charge in [0.2, 0.25) is 0 Å². The van der Waals surface area contributed by atoms with E-state index >= 15 is 0 Å². The third-order valence-corrected chi connectivity index (χ3v) is 2.84. The van der Waals surface area contributed by atoms with Crippen LogP contribution in [0.15, 0.2) is 12.1 Å². The topological polar surface area (TPSA) is 60.2 Å². The molecule has 0 radical (unpaired) electrons. The van der Waals surface area contributed by atoms with Gasteiger partial charge in [-0.2, -0.15) is 0 Å². The summed E-state index contributed by atoms with van der Waals surface area (Å²) in [6, 6.07) is 3.80. The molecular weight excluding hydrogens is 202 g/mol. The van der Waals surface area contributed by atoms with E-state index in [9.17, 15) is 0 Å². The molecule has 3 N–H and O–H groups in total. The summed E-state index contributed by atoms with van der Waals surface area (Å²) in [5, 5.41) is 3.26. The van der Waals surface area contributed by atoms with Crippen LogP contribution in [0, 0.1) is 6.92 Å². The molecule has 2 heterocycles. The quantitative estimate of drug-likeness (QED) is 0.819. The molecule has 0 bridgehead atoms. The lowest BCUT2D eigenvalue weighted by atomic mass is 10.1. The predicted molar refractivity (Wildman–Crippen MR) is 65.5 cm³/mol. The van der Waals surface area contributed by atoms with E-state index in [-0.39, 0.29) is 0 Å². The molecule has 1 unspecified atom stereocenters. The Morgan fingerprint density at radius 3 is 3.12 bits per heavy atom. The average molecular weight is 221 g/mol. The monoisotopic (exact) mass is 221 g/mol. The maximum Gasteiger partial charge on any atom is 0.149 e. The second-order valence-corrected chi connectivity index (χ2v) is 4.26. The zero-order valence-corrected chi connectivity index (χ0v) is 9.70. The first-order valence-electron chi connectivity index (χ1n) is 5.84. The van der Waals surface area contributed by atoms with Crippen LogP contribution in [0.3, 0.4) is 0 Å². The normalized spacial score (nSPS) is 20.7. The number of rotatable bonds is 3. The van der Waals surface area contributed by atoms with Gasteiger partial charge in [-0.3, -0.25) is 0 Å². The molecule has 0 aromatic carbocycles. The Morgan fingerprint density at radius 1 is 1.50 bits per heavy atom. The predicted octanol–water partition coefficient (Wildman–Crippen LogP) is 1.95. The minimum atomic E-state index is 0.301. The van der Waals surface area contributed by atoms with Gasteiger partial charge in [0.1, 0.15) is 5.82 Å². The number of pyridine rings is 1. The SMILES string of the molecule is Cc1ccc(N)c(NCC2CCCCO2)n1. The number of hydrogen-bond acceptors (Lipinski definition) is 4. The highest BCUT2D eigenvalue weighted by Gasteiger charge is 2.13. The van der Waals surface area contributed by atoms with Gasteiger partial charge in [-0.1, -0.05) is 0 Å². The Morgan fingerprint density at radius 2 is 2.38 bits per heavy atom. The fourth-order valence-corrected chi connectivity index (χ4v) is 1.89. The van der Waals surface area contributed by atoms with Gasteiger partial charge in [0.25, 0.3) is 0 Å². The fourth-order valence-electron chi connectivity index (χ4n) is 1.89. The van der Waals surface area contributed by atoms with Crippen LogP contribution in [0.2, 0.25) is 0 Å². The zero-order chi connectivity index (χ0) is 11.4. The molecule has 0 amide bonds. The highest BCUT2D eigenvalue weighted by molar-refractivity contribution is 5.61. The Labute approximate surface area is 96.2 Å². The third kappa shape index (κ3) is 2.85. The van der Waals surface area contributed by atoms with Crippen LogP contribution >= 0.6 is 0 Å². The van der Waals surface area contributed by atoms with E-state index in [2.05, 4.69) is 10.3 Å². The third-order valence-electron chi connectivity index (χ3n) is 2.84. The zero-order valence-electron chi connectivity index (χ0n) is 9.70. The lowest BCUT2D eigenvalue weighted by Crippen LogP contribution is -2.27. The minimum absolute atomic E-state index is 0.301. The summed E-state index contributed by atoms with van der Waals surface area (Å²) in [6.45, 7) is 3.63. The largest absolute Gasteiger partial charge is 0.396 e. The smallest absolute Gasteiger partial charge is 0.149 e. The van der Waals surface area contributed by atoms with Gasteiger partial charge in [0.15, 0.2) is 0 Å². The van der Waals surface area contributed by atoms with E-state index < -0.39 is 0 Å². The van der Waals surface area contributed by atoms with Gasteiger partial charge in [-0.25, -0.2) is 4.98 Å². The standard InChI is InChI=1S/C12H19N3O/c1-9-5-6-11(13)12(15-9)14-8-10-4-2-3-7-16-10/h5-6,10H,2-4,7-8,13H2,1H3,(H,14,15). The van der Waals surface area contributed by atoms with E-state index in [0.717, 1.165) is 31.1 Å². The van der Waals surface area contributed by atoms with Crippen LogP contribution in [-0.4, -0.2) is 24.2 Å². The van der Waals surface area contributed by atoms with E-state index in [0.29, 0.717) is 11.8 Å². The maximum atomic E-state index is 5.84. The second-order valence-electron chi connectivity index (χ2n) is 4.26. The summed E-state index contributed by atoms with van der Waals surface area (Å²) in [4.78, 5) is 4.37. The Hall–Kier alpha value is -1.29. The van der Waals surface area contributed by atoms with Crippen LogP contribution in [0.1, 0.15) is 25.0 Å². The molecule has 1 aliphatic rings. The molecule has 1 aromatic rings. The molecule has 0 aliphatic carbocycles. The van der Waals surface area contributed by atoms with E-state index in [1.54, 1.807) is 0 Å². The first-order valence-corrected chi connectivity index (χ1v) is 5.84. The van der Waals surface area contributed by atoms with Crippen molar-refractivity contribution in [2.45, 2.75) is 32.3 Å². The molecule has 16 heavy (non-hydrogen) atoms. The van der Waals surface area contributed by atoms with Crippen molar-refractivity contribution >= 4 is 11.5 Å². The Kier molecular flexibility index (Phi) is 3.62. The van der Waals surface area contributed by atoms with Crippen molar-refractivity contribution in [3.05, 3.63) is 17.8 Å². The van der Waals surface area contributed by atoms with Crippen molar-refractivity contribution in [2.24, 2.45) is 0 Å². The van der Waals surface area contributed by atoms with E-state index in [1.165, 1.54) is 12.8 Å². The average Bonchev–Trinajstić information content (AvgIpc) is 2.32. The summed E-state index contributed by atoms with van der Waals surface area (Å²) < 4.78 is 5.64. The highest BCUT2D eigenvalue weighted by atomic mass is 16.5. The van der Waals surface area contributed by atoms with Crippen LogP contribution in [0.25, 0.3) is 0 Å². The highest BCUT2D eigenvalue weighted by Crippen LogP contribution is 2.17.